The van der Waals surface area contributed by atoms with Gasteiger partial charge in [-0.1, -0.05) is 53.4 Å². The van der Waals surface area contributed by atoms with E-state index in [4.69, 9.17) is 22.1 Å². The van der Waals surface area contributed by atoms with Crippen LogP contribution in [0, 0.1) is 0 Å². The Labute approximate surface area is 179 Å². The number of carboxylic acids is 1. The monoisotopic (exact) mass is 443 g/mol. The SMILES string of the molecule is O=C(O)COc1ccccc1/C=C1\SC(=S)N(Nc2nc3ccccc3s2)C1=O. The van der Waals surface area contributed by atoms with Gasteiger partial charge in [-0.2, -0.15) is 5.01 Å². The largest absolute Gasteiger partial charge is 0.481 e. The highest BCUT2D eigenvalue weighted by Gasteiger charge is 2.33. The molecule has 3 aromatic rings. The van der Waals surface area contributed by atoms with Crippen molar-refractivity contribution in [2.75, 3.05) is 12.0 Å². The number of rotatable bonds is 6. The minimum Gasteiger partial charge on any atom is -0.481 e. The van der Waals surface area contributed by atoms with Gasteiger partial charge in [0, 0.05) is 5.56 Å². The smallest absolute Gasteiger partial charge is 0.341 e. The summed E-state index contributed by atoms with van der Waals surface area (Å²) in [6.45, 7) is -0.467. The van der Waals surface area contributed by atoms with Crippen LogP contribution in [-0.2, 0) is 9.59 Å². The Bertz CT molecular complexity index is 1130. The normalized spacial score (nSPS) is 15.3. The zero-order valence-corrected chi connectivity index (χ0v) is 17.1. The van der Waals surface area contributed by atoms with Gasteiger partial charge < -0.3 is 9.84 Å². The number of carbonyl (C=O) groups is 2. The van der Waals surface area contributed by atoms with E-state index in [2.05, 4.69) is 10.4 Å². The second-order valence-electron chi connectivity index (χ2n) is 5.84. The summed E-state index contributed by atoms with van der Waals surface area (Å²) in [5.41, 5.74) is 4.41. The molecule has 0 radical (unpaired) electrons. The van der Waals surface area contributed by atoms with Crippen molar-refractivity contribution >= 4 is 72.9 Å². The van der Waals surface area contributed by atoms with E-state index in [1.165, 1.54) is 16.3 Å². The van der Waals surface area contributed by atoms with E-state index in [9.17, 15) is 9.59 Å². The fraction of sp³-hybridized carbons (Fsp3) is 0.0526. The molecule has 0 bridgehead atoms. The highest BCUT2D eigenvalue weighted by molar-refractivity contribution is 8.26. The van der Waals surface area contributed by atoms with Crippen molar-refractivity contribution in [3.8, 4) is 5.75 Å². The lowest BCUT2D eigenvalue weighted by molar-refractivity contribution is -0.139. The molecule has 0 atom stereocenters. The number of anilines is 1. The van der Waals surface area contributed by atoms with Crippen molar-refractivity contribution in [3.05, 3.63) is 59.0 Å². The molecule has 29 heavy (non-hydrogen) atoms. The van der Waals surface area contributed by atoms with E-state index in [1.807, 2.05) is 24.3 Å². The average Bonchev–Trinajstić information content (AvgIpc) is 3.23. The first-order valence-electron chi connectivity index (χ1n) is 8.35. The van der Waals surface area contributed by atoms with Crippen LogP contribution < -0.4 is 10.2 Å². The van der Waals surface area contributed by atoms with E-state index in [0.717, 1.165) is 22.0 Å². The van der Waals surface area contributed by atoms with Crippen LogP contribution in [0.2, 0.25) is 0 Å². The molecule has 10 heteroatoms. The molecule has 2 aromatic carbocycles. The maximum atomic E-state index is 12.8. The second kappa shape index (κ2) is 8.19. The minimum atomic E-state index is -1.08. The van der Waals surface area contributed by atoms with Crippen molar-refractivity contribution in [2.24, 2.45) is 0 Å². The van der Waals surface area contributed by atoms with Crippen molar-refractivity contribution < 1.29 is 19.4 Å². The summed E-state index contributed by atoms with van der Waals surface area (Å²) in [6.07, 6.45) is 1.64. The van der Waals surface area contributed by atoms with Crippen LogP contribution in [-0.4, -0.2) is 37.9 Å². The molecule has 0 unspecified atom stereocenters. The minimum absolute atomic E-state index is 0.313. The summed E-state index contributed by atoms with van der Waals surface area (Å²) in [4.78, 5) is 28.5. The molecule has 0 spiro atoms. The van der Waals surface area contributed by atoms with Gasteiger partial charge in [0.05, 0.1) is 15.1 Å². The number of nitrogens with one attached hydrogen (secondary N) is 1. The van der Waals surface area contributed by atoms with Crippen molar-refractivity contribution in [1.29, 1.82) is 0 Å². The highest BCUT2D eigenvalue weighted by atomic mass is 32.2. The number of hydrogen-bond acceptors (Lipinski definition) is 8. The zero-order valence-electron chi connectivity index (χ0n) is 14.7. The number of ether oxygens (including phenoxy) is 1. The lowest BCUT2D eigenvalue weighted by Crippen LogP contribution is -2.33. The van der Waals surface area contributed by atoms with E-state index >= 15 is 0 Å². The number of hydrogen-bond donors (Lipinski definition) is 2. The van der Waals surface area contributed by atoms with Crippen LogP contribution >= 0.6 is 35.3 Å². The highest BCUT2D eigenvalue weighted by Crippen LogP contribution is 2.35. The van der Waals surface area contributed by atoms with Gasteiger partial charge in [0.15, 0.2) is 10.9 Å². The van der Waals surface area contributed by atoms with Gasteiger partial charge in [-0.25, -0.2) is 9.78 Å². The third-order valence-electron chi connectivity index (χ3n) is 3.85. The van der Waals surface area contributed by atoms with Gasteiger partial charge >= 0.3 is 5.97 Å². The van der Waals surface area contributed by atoms with E-state index < -0.39 is 12.6 Å². The van der Waals surface area contributed by atoms with Gasteiger partial charge in [0.1, 0.15) is 5.75 Å². The van der Waals surface area contributed by atoms with Crippen molar-refractivity contribution in [3.63, 3.8) is 0 Å². The van der Waals surface area contributed by atoms with E-state index in [1.54, 1.807) is 30.3 Å². The summed E-state index contributed by atoms with van der Waals surface area (Å²) in [5.74, 6) is -1.02. The standard InChI is InChI=1S/C19H13N3O4S3/c23-16(24)10-26-13-7-3-1-5-11(13)9-15-17(25)22(19(27)29-15)21-18-20-12-6-2-4-8-14(12)28-18/h1-9H,10H2,(H,20,21)(H,23,24)/b15-9-. The van der Waals surface area contributed by atoms with Gasteiger partial charge in [-0.15, -0.1) is 0 Å². The second-order valence-corrected chi connectivity index (χ2v) is 8.54. The molecule has 1 aliphatic rings. The molecule has 2 N–H and O–H groups in total. The first-order valence-corrected chi connectivity index (χ1v) is 10.4. The van der Waals surface area contributed by atoms with E-state index in [0.29, 0.717) is 25.7 Å². The van der Waals surface area contributed by atoms with Crippen LogP contribution in [0.5, 0.6) is 5.75 Å². The number of thioether (sulfide) groups is 1. The molecule has 1 aliphatic heterocycles. The van der Waals surface area contributed by atoms with Crippen LogP contribution in [0.3, 0.4) is 0 Å². The van der Waals surface area contributed by atoms with Crippen LogP contribution in [0.1, 0.15) is 5.56 Å². The summed E-state index contributed by atoms with van der Waals surface area (Å²) >= 11 is 7.91. The first-order chi connectivity index (χ1) is 14.0. The lowest BCUT2D eigenvalue weighted by atomic mass is 10.2. The Hall–Kier alpha value is -2.95. The Morgan fingerprint density at radius 1 is 1.24 bits per heavy atom. The third kappa shape index (κ3) is 4.24. The number of para-hydroxylation sites is 2. The summed E-state index contributed by atoms with van der Waals surface area (Å²) in [5, 5.41) is 10.7. The Morgan fingerprint density at radius 2 is 2.00 bits per heavy atom. The Morgan fingerprint density at radius 3 is 2.79 bits per heavy atom. The number of fused-ring (bicyclic) bond motifs is 1. The summed E-state index contributed by atoms with van der Waals surface area (Å²) < 4.78 is 6.64. The van der Waals surface area contributed by atoms with Gasteiger partial charge in [-0.3, -0.25) is 10.2 Å². The number of amides is 1. The number of hydrazine groups is 1. The molecule has 1 saturated heterocycles. The number of aromatic nitrogens is 1. The molecule has 4 rings (SSSR count). The Kier molecular flexibility index (Phi) is 5.47. The Balaban J connectivity index is 1.56. The number of thiazole rings is 1. The molecule has 0 saturated carbocycles. The lowest BCUT2D eigenvalue weighted by Gasteiger charge is -2.14. The number of carbonyl (C=O) groups excluding carboxylic acids is 1. The predicted octanol–water partition coefficient (Wildman–Crippen LogP) is 3.99. The third-order valence-corrected chi connectivity index (χ3v) is 6.10. The van der Waals surface area contributed by atoms with Crippen molar-refractivity contribution in [2.45, 2.75) is 0 Å². The van der Waals surface area contributed by atoms with Gasteiger partial charge in [-0.05, 0) is 36.5 Å². The number of aliphatic carboxylic acids is 1. The number of carboxylic acid groups (broad SMARTS) is 1. The maximum absolute atomic E-state index is 12.8. The molecular formula is C19H13N3O4S3. The average molecular weight is 444 g/mol. The topological polar surface area (TPSA) is 91.8 Å². The molecule has 1 aromatic heterocycles. The predicted molar refractivity (Wildman–Crippen MR) is 118 cm³/mol. The zero-order chi connectivity index (χ0) is 20.4. The van der Waals surface area contributed by atoms with Crippen LogP contribution in [0.4, 0.5) is 5.13 Å². The van der Waals surface area contributed by atoms with Crippen molar-refractivity contribution in [1.82, 2.24) is 9.99 Å². The molecule has 146 valence electrons. The van der Waals surface area contributed by atoms with E-state index in [-0.39, 0.29) is 5.91 Å². The van der Waals surface area contributed by atoms with Gasteiger partial charge in [0.25, 0.3) is 5.91 Å². The summed E-state index contributed by atoms with van der Waals surface area (Å²) in [7, 11) is 0. The first kappa shape index (κ1) is 19.4. The molecule has 1 amide bonds. The molecule has 1 fully saturated rings. The maximum Gasteiger partial charge on any atom is 0.341 e. The van der Waals surface area contributed by atoms with Crippen LogP contribution in [0.15, 0.2) is 53.4 Å². The molecule has 0 aliphatic carbocycles. The van der Waals surface area contributed by atoms with Gasteiger partial charge in [0.2, 0.25) is 5.13 Å². The number of thiocarbonyl (C=S) groups is 1. The molecular weight excluding hydrogens is 430 g/mol. The number of nitrogens with zero attached hydrogens (tertiary/aromatic N) is 2. The van der Waals surface area contributed by atoms with Crippen LogP contribution in [0.25, 0.3) is 16.3 Å². The molecule has 7 nitrogen and oxygen atoms in total. The fourth-order valence-corrected chi connectivity index (χ4v) is 4.62. The molecule has 2 heterocycles. The number of benzene rings is 2. The quantitative estimate of drug-likeness (QED) is 0.437. The summed E-state index contributed by atoms with van der Waals surface area (Å²) in [6, 6.07) is 14.6. The fourth-order valence-electron chi connectivity index (χ4n) is 2.59.